The molecule has 13 rings (SSSR count). The summed E-state index contributed by atoms with van der Waals surface area (Å²) in [6.45, 7) is 0. The van der Waals surface area contributed by atoms with E-state index in [-0.39, 0.29) is 0 Å². The molecule has 0 bridgehead atoms. The van der Waals surface area contributed by atoms with Crippen LogP contribution in [0.25, 0.3) is 110 Å². The van der Waals surface area contributed by atoms with E-state index in [1.807, 2.05) is 0 Å². The monoisotopic (exact) mass is 901 g/mol. The molecule has 0 radical (unpaired) electrons. The molecule has 0 unspecified atom stereocenters. The summed E-state index contributed by atoms with van der Waals surface area (Å²) in [6.07, 6.45) is 0. The molecule has 0 aromatic heterocycles. The molecule has 71 heavy (non-hydrogen) atoms. The summed E-state index contributed by atoms with van der Waals surface area (Å²) in [4.78, 5) is 2.36. The van der Waals surface area contributed by atoms with Gasteiger partial charge in [0.2, 0.25) is 0 Å². The largest absolute Gasteiger partial charge is 0.311 e. The highest BCUT2D eigenvalue weighted by Gasteiger charge is 2.15. The second-order valence-corrected chi connectivity index (χ2v) is 18.5. The molecule has 0 aliphatic rings. The molecular weight excluding hydrogens is 855 g/mol. The Bertz CT molecular complexity index is 3820. The zero-order valence-electron chi connectivity index (χ0n) is 39.1. The summed E-state index contributed by atoms with van der Waals surface area (Å²) >= 11 is 0. The summed E-state index contributed by atoms with van der Waals surface area (Å²) < 4.78 is 0. The second-order valence-electron chi connectivity index (χ2n) is 18.5. The predicted octanol–water partition coefficient (Wildman–Crippen LogP) is 19.8. The van der Waals surface area contributed by atoms with Crippen molar-refractivity contribution in [3.8, 4) is 66.8 Å². The summed E-state index contributed by atoms with van der Waals surface area (Å²) in [5.74, 6) is 0. The number of anilines is 3. The van der Waals surface area contributed by atoms with Crippen molar-refractivity contribution in [2.75, 3.05) is 4.90 Å². The smallest absolute Gasteiger partial charge is 0.0462 e. The van der Waals surface area contributed by atoms with Crippen LogP contribution in [0.2, 0.25) is 0 Å². The van der Waals surface area contributed by atoms with Crippen LogP contribution in [0.15, 0.2) is 285 Å². The zero-order valence-corrected chi connectivity index (χ0v) is 39.1. The van der Waals surface area contributed by atoms with Gasteiger partial charge in [-0.3, -0.25) is 0 Å². The fourth-order valence-electron chi connectivity index (χ4n) is 10.4. The van der Waals surface area contributed by atoms with Crippen LogP contribution in [0, 0.1) is 0 Å². The average molecular weight is 902 g/mol. The molecule has 0 atom stereocenters. The van der Waals surface area contributed by atoms with E-state index in [0.29, 0.717) is 0 Å². The van der Waals surface area contributed by atoms with Gasteiger partial charge in [0, 0.05) is 17.1 Å². The van der Waals surface area contributed by atoms with E-state index in [9.17, 15) is 0 Å². The third kappa shape index (κ3) is 8.10. The van der Waals surface area contributed by atoms with Gasteiger partial charge in [0.25, 0.3) is 0 Å². The van der Waals surface area contributed by atoms with Crippen LogP contribution in [-0.4, -0.2) is 0 Å². The third-order valence-electron chi connectivity index (χ3n) is 14.3. The quantitative estimate of drug-likeness (QED) is 0.131. The number of nitrogens with zero attached hydrogens (tertiary/aromatic N) is 1. The van der Waals surface area contributed by atoms with Crippen LogP contribution >= 0.6 is 0 Å². The molecule has 0 spiro atoms. The molecule has 0 fully saturated rings. The molecule has 0 amide bonds. The van der Waals surface area contributed by atoms with Gasteiger partial charge in [0.1, 0.15) is 0 Å². The van der Waals surface area contributed by atoms with Crippen LogP contribution in [0.1, 0.15) is 0 Å². The molecular formula is C70H47N. The number of hydrogen-bond donors (Lipinski definition) is 0. The van der Waals surface area contributed by atoms with E-state index in [4.69, 9.17) is 0 Å². The first kappa shape index (κ1) is 41.9. The first-order valence-corrected chi connectivity index (χ1v) is 24.5. The van der Waals surface area contributed by atoms with Crippen molar-refractivity contribution >= 4 is 60.2 Å². The highest BCUT2D eigenvalue weighted by Crippen LogP contribution is 2.39. The van der Waals surface area contributed by atoms with Crippen molar-refractivity contribution in [2.24, 2.45) is 0 Å². The maximum atomic E-state index is 2.36. The lowest BCUT2D eigenvalue weighted by Crippen LogP contribution is -2.09. The van der Waals surface area contributed by atoms with Crippen molar-refractivity contribution in [1.82, 2.24) is 0 Å². The molecule has 1 nitrogen and oxygen atoms in total. The van der Waals surface area contributed by atoms with E-state index >= 15 is 0 Å². The van der Waals surface area contributed by atoms with Crippen molar-refractivity contribution < 1.29 is 0 Å². The van der Waals surface area contributed by atoms with Crippen LogP contribution < -0.4 is 4.90 Å². The number of rotatable bonds is 9. The Hall–Kier alpha value is -9.30. The Labute approximate surface area is 414 Å². The van der Waals surface area contributed by atoms with Crippen molar-refractivity contribution in [2.45, 2.75) is 0 Å². The summed E-state index contributed by atoms with van der Waals surface area (Å²) in [5.41, 5.74) is 17.7. The molecule has 0 N–H and O–H groups in total. The van der Waals surface area contributed by atoms with E-state index < -0.39 is 0 Å². The van der Waals surface area contributed by atoms with Gasteiger partial charge in [0.15, 0.2) is 0 Å². The van der Waals surface area contributed by atoms with Crippen LogP contribution in [0.5, 0.6) is 0 Å². The fourth-order valence-corrected chi connectivity index (χ4v) is 10.4. The lowest BCUT2D eigenvalue weighted by molar-refractivity contribution is 1.28. The minimum absolute atomic E-state index is 1.09. The van der Waals surface area contributed by atoms with Gasteiger partial charge in [-0.15, -0.1) is 0 Å². The summed E-state index contributed by atoms with van der Waals surface area (Å²) in [5, 5.41) is 10.2. The minimum atomic E-state index is 1.09. The van der Waals surface area contributed by atoms with Crippen molar-refractivity contribution in [1.29, 1.82) is 0 Å². The second kappa shape index (κ2) is 18.0. The first-order chi connectivity index (χ1) is 35.1. The summed E-state index contributed by atoms with van der Waals surface area (Å²) in [7, 11) is 0. The normalized spacial score (nSPS) is 11.4. The molecule has 13 aromatic rings. The maximum absolute atomic E-state index is 2.36. The van der Waals surface area contributed by atoms with E-state index in [2.05, 4.69) is 290 Å². The van der Waals surface area contributed by atoms with Crippen LogP contribution in [0.3, 0.4) is 0 Å². The Morgan fingerprint density at radius 2 is 0.394 bits per heavy atom. The number of hydrogen-bond acceptors (Lipinski definition) is 1. The fraction of sp³-hybridized carbons (Fsp3) is 0. The molecule has 332 valence electrons. The lowest BCUT2D eigenvalue weighted by atomic mass is 9.96. The molecule has 0 saturated carbocycles. The standard InChI is InChI=1S/C70H47N/c1-2-8-48(9-3-1)49-14-16-50(17-15-49)53-30-38-64(39-31-53)71(65-40-32-54(33-41-65)51-18-22-56(23-19-51)60-36-44-69-62(46-60)28-26-58-10-4-6-12-67(58)69)66-42-34-55(35-43-66)52-20-24-57(25-21-52)61-37-45-70-63(47-61)29-27-59-11-5-7-13-68(59)70/h1-47H. The highest BCUT2D eigenvalue weighted by atomic mass is 15.1. The molecule has 0 aliphatic carbocycles. The van der Waals surface area contributed by atoms with E-state index in [1.165, 1.54) is 110 Å². The molecule has 0 aliphatic heterocycles. The van der Waals surface area contributed by atoms with Gasteiger partial charge in [0.05, 0.1) is 0 Å². The Balaban J connectivity index is 0.786. The van der Waals surface area contributed by atoms with E-state index in [0.717, 1.165) is 17.1 Å². The summed E-state index contributed by atoms with van der Waals surface area (Å²) in [6, 6.07) is 104. The third-order valence-corrected chi connectivity index (χ3v) is 14.3. The molecule has 1 heteroatoms. The zero-order chi connectivity index (χ0) is 47.1. The van der Waals surface area contributed by atoms with Gasteiger partial charge in [-0.2, -0.15) is 0 Å². The Morgan fingerprint density at radius 3 is 0.746 bits per heavy atom. The molecule has 13 aromatic carbocycles. The van der Waals surface area contributed by atoms with Gasteiger partial charge in [-0.05, 0) is 158 Å². The van der Waals surface area contributed by atoms with Gasteiger partial charge in [-0.1, -0.05) is 237 Å². The maximum Gasteiger partial charge on any atom is 0.0462 e. The molecule has 0 heterocycles. The van der Waals surface area contributed by atoms with Gasteiger partial charge in [-0.25, -0.2) is 0 Å². The Kier molecular flexibility index (Phi) is 10.6. The van der Waals surface area contributed by atoms with Gasteiger partial charge >= 0.3 is 0 Å². The SMILES string of the molecule is c1ccc(-c2ccc(-c3ccc(N(c4ccc(-c5ccc(-c6ccc7c(ccc8ccccc87)c6)cc5)cc4)c4ccc(-c5ccc(-c6ccc7c(ccc8ccccc87)c6)cc5)cc4)cc3)cc2)cc1. The number of fused-ring (bicyclic) bond motifs is 6. The van der Waals surface area contributed by atoms with Crippen LogP contribution in [-0.2, 0) is 0 Å². The van der Waals surface area contributed by atoms with Crippen molar-refractivity contribution in [3.05, 3.63) is 285 Å². The minimum Gasteiger partial charge on any atom is -0.311 e. The Morgan fingerprint density at radius 1 is 0.155 bits per heavy atom. The topological polar surface area (TPSA) is 3.24 Å². The van der Waals surface area contributed by atoms with Crippen LogP contribution in [0.4, 0.5) is 17.1 Å². The number of benzene rings is 13. The van der Waals surface area contributed by atoms with E-state index in [1.54, 1.807) is 0 Å². The average Bonchev–Trinajstić information content (AvgIpc) is 3.46. The van der Waals surface area contributed by atoms with Crippen molar-refractivity contribution in [3.63, 3.8) is 0 Å². The molecule has 0 saturated heterocycles. The highest BCUT2D eigenvalue weighted by molar-refractivity contribution is 6.09. The predicted molar refractivity (Wildman–Crippen MR) is 304 cm³/mol. The first-order valence-electron chi connectivity index (χ1n) is 24.5. The van der Waals surface area contributed by atoms with Gasteiger partial charge < -0.3 is 4.90 Å². The lowest BCUT2D eigenvalue weighted by Gasteiger charge is -2.26.